The van der Waals surface area contributed by atoms with Crippen LogP contribution in [0, 0.1) is 18.7 Å². The standard InChI is InChI=1S/C19H23FN4O5S/c1-12-16(18(26)23-19(27)22-12)30(28,29)24-10-2-3-14(11-24)17(25)21-9-8-13-4-6-15(20)7-5-13/h4-7,14H,2-3,8-11H2,1H3,(H,21,25)(H2,22,23,26,27)/t14-/m1/s1. The summed E-state index contributed by atoms with van der Waals surface area (Å²) >= 11 is 0. The monoisotopic (exact) mass is 438 g/mol. The van der Waals surface area contributed by atoms with Crippen LogP contribution in [0.5, 0.6) is 0 Å². The molecule has 1 aliphatic rings. The zero-order valence-corrected chi connectivity index (χ0v) is 17.2. The molecule has 1 amide bonds. The van der Waals surface area contributed by atoms with Crippen molar-refractivity contribution in [1.82, 2.24) is 19.6 Å². The van der Waals surface area contributed by atoms with E-state index in [0.29, 0.717) is 25.8 Å². The van der Waals surface area contributed by atoms with Gasteiger partial charge in [-0.15, -0.1) is 0 Å². The molecule has 30 heavy (non-hydrogen) atoms. The number of halogens is 1. The Morgan fingerprint density at radius 3 is 2.60 bits per heavy atom. The molecule has 11 heteroatoms. The molecule has 0 saturated carbocycles. The molecule has 0 radical (unpaired) electrons. The van der Waals surface area contributed by atoms with Gasteiger partial charge in [0.25, 0.3) is 5.56 Å². The summed E-state index contributed by atoms with van der Waals surface area (Å²) in [6, 6.07) is 5.98. The van der Waals surface area contributed by atoms with Crippen LogP contribution in [-0.2, 0) is 21.2 Å². The molecule has 3 rings (SSSR count). The first-order chi connectivity index (χ1) is 14.2. The van der Waals surface area contributed by atoms with Crippen LogP contribution in [0.2, 0.25) is 0 Å². The zero-order valence-electron chi connectivity index (χ0n) is 16.4. The SMILES string of the molecule is Cc1[nH]c(=O)[nH]c(=O)c1S(=O)(=O)N1CCC[C@@H](C(=O)NCCc2ccc(F)cc2)C1. The number of piperidine rings is 1. The lowest BCUT2D eigenvalue weighted by Gasteiger charge is -2.31. The summed E-state index contributed by atoms with van der Waals surface area (Å²) in [5.41, 5.74) is -0.942. The molecule has 1 fully saturated rings. The highest BCUT2D eigenvalue weighted by Gasteiger charge is 2.35. The number of aromatic amines is 2. The Balaban J connectivity index is 1.65. The predicted octanol–water partition coefficient (Wildman–Crippen LogP) is 0.270. The number of aryl methyl sites for hydroxylation is 1. The minimum absolute atomic E-state index is 0.0466. The Morgan fingerprint density at radius 1 is 1.23 bits per heavy atom. The number of hydrogen-bond donors (Lipinski definition) is 3. The van der Waals surface area contributed by atoms with E-state index in [1.54, 1.807) is 12.1 Å². The largest absolute Gasteiger partial charge is 0.355 e. The number of carbonyl (C=O) groups excluding carboxylic acids is 1. The summed E-state index contributed by atoms with van der Waals surface area (Å²) in [5.74, 6) is -1.16. The normalized spacial score (nSPS) is 17.6. The van der Waals surface area contributed by atoms with Gasteiger partial charge in [0.2, 0.25) is 15.9 Å². The van der Waals surface area contributed by atoms with Gasteiger partial charge in [0, 0.05) is 25.3 Å². The number of benzene rings is 1. The van der Waals surface area contributed by atoms with Gasteiger partial charge >= 0.3 is 5.69 Å². The zero-order chi connectivity index (χ0) is 21.9. The highest BCUT2D eigenvalue weighted by atomic mass is 32.2. The number of aromatic nitrogens is 2. The van der Waals surface area contributed by atoms with Gasteiger partial charge < -0.3 is 10.3 Å². The molecule has 0 unspecified atom stereocenters. The van der Waals surface area contributed by atoms with E-state index in [1.807, 2.05) is 4.98 Å². The van der Waals surface area contributed by atoms with Crippen molar-refractivity contribution >= 4 is 15.9 Å². The third-order valence-electron chi connectivity index (χ3n) is 5.05. The maximum atomic E-state index is 13.0. The maximum absolute atomic E-state index is 13.0. The quantitative estimate of drug-likeness (QED) is 0.596. The second-order valence-corrected chi connectivity index (χ2v) is 9.11. The molecule has 1 saturated heterocycles. The number of amides is 1. The topological polar surface area (TPSA) is 132 Å². The fourth-order valence-corrected chi connectivity index (χ4v) is 5.26. The molecule has 0 spiro atoms. The van der Waals surface area contributed by atoms with E-state index < -0.39 is 32.1 Å². The van der Waals surface area contributed by atoms with Crippen LogP contribution in [0.4, 0.5) is 4.39 Å². The molecular weight excluding hydrogens is 415 g/mol. The molecule has 1 aromatic heterocycles. The Hall–Kier alpha value is -2.79. The molecule has 9 nitrogen and oxygen atoms in total. The van der Waals surface area contributed by atoms with E-state index in [9.17, 15) is 27.2 Å². The van der Waals surface area contributed by atoms with E-state index in [4.69, 9.17) is 0 Å². The van der Waals surface area contributed by atoms with Crippen LogP contribution in [0.25, 0.3) is 0 Å². The number of hydrogen-bond acceptors (Lipinski definition) is 5. The molecule has 1 aromatic carbocycles. The van der Waals surface area contributed by atoms with Gasteiger partial charge in [0.1, 0.15) is 5.82 Å². The molecule has 2 heterocycles. The van der Waals surface area contributed by atoms with Crippen LogP contribution >= 0.6 is 0 Å². The predicted molar refractivity (Wildman–Crippen MR) is 107 cm³/mol. The Labute approximate surface area is 172 Å². The molecular formula is C19H23FN4O5S. The van der Waals surface area contributed by atoms with Crippen molar-refractivity contribution in [1.29, 1.82) is 0 Å². The molecule has 162 valence electrons. The van der Waals surface area contributed by atoms with Crippen LogP contribution in [-0.4, -0.2) is 48.2 Å². The van der Waals surface area contributed by atoms with Gasteiger partial charge in [-0.2, -0.15) is 4.31 Å². The van der Waals surface area contributed by atoms with E-state index >= 15 is 0 Å². The smallest absolute Gasteiger partial charge is 0.325 e. The molecule has 0 bridgehead atoms. The number of rotatable bonds is 6. The Bertz CT molecular complexity index is 1140. The third kappa shape index (κ3) is 4.85. The van der Waals surface area contributed by atoms with Crippen LogP contribution < -0.4 is 16.6 Å². The fourth-order valence-electron chi connectivity index (χ4n) is 3.53. The molecule has 1 aliphatic heterocycles. The number of nitrogens with zero attached hydrogens (tertiary/aromatic N) is 1. The molecule has 1 atom stereocenters. The first-order valence-corrected chi connectivity index (χ1v) is 11.0. The van der Waals surface area contributed by atoms with E-state index in [0.717, 1.165) is 9.87 Å². The highest BCUT2D eigenvalue weighted by Crippen LogP contribution is 2.23. The number of carbonyl (C=O) groups is 1. The van der Waals surface area contributed by atoms with E-state index in [-0.39, 0.29) is 30.5 Å². The van der Waals surface area contributed by atoms with Crippen molar-refractivity contribution in [3.63, 3.8) is 0 Å². The van der Waals surface area contributed by atoms with E-state index in [2.05, 4.69) is 10.3 Å². The summed E-state index contributed by atoms with van der Waals surface area (Å²) in [5, 5.41) is 2.79. The summed E-state index contributed by atoms with van der Waals surface area (Å²) in [4.78, 5) is 39.6. The van der Waals surface area contributed by atoms with Crippen molar-refractivity contribution in [3.05, 3.63) is 62.2 Å². The Morgan fingerprint density at radius 2 is 1.93 bits per heavy atom. The lowest BCUT2D eigenvalue weighted by Crippen LogP contribution is -2.47. The van der Waals surface area contributed by atoms with Crippen LogP contribution in [0.3, 0.4) is 0 Å². The van der Waals surface area contributed by atoms with Crippen LogP contribution in [0.15, 0.2) is 38.8 Å². The first kappa shape index (κ1) is 21.9. The summed E-state index contributed by atoms with van der Waals surface area (Å²) in [6.07, 6.45) is 1.51. The minimum atomic E-state index is -4.17. The fraction of sp³-hybridized carbons (Fsp3) is 0.421. The number of H-pyrrole nitrogens is 2. The summed E-state index contributed by atoms with van der Waals surface area (Å²) in [7, 11) is -4.17. The maximum Gasteiger partial charge on any atom is 0.325 e. The van der Waals surface area contributed by atoms with E-state index in [1.165, 1.54) is 19.1 Å². The van der Waals surface area contributed by atoms with Crippen molar-refractivity contribution < 1.29 is 17.6 Å². The van der Waals surface area contributed by atoms with Gasteiger partial charge in [-0.25, -0.2) is 17.6 Å². The molecule has 0 aliphatic carbocycles. The van der Waals surface area contributed by atoms with Crippen molar-refractivity contribution in [2.75, 3.05) is 19.6 Å². The summed E-state index contributed by atoms with van der Waals surface area (Å²) < 4.78 is 40.0. The third-order valence-corrected chi connectivity index (χ3v) is 7.07. The lowest BCUT2D eigenvalue weighted by molar-refractivity contribution is -0.126. The van der Waals surface area contributed by atoms with Crippen molar-refractivity contribution in [2.45, 2.75) is 31.1 Å². The second-order valence-electron chi connectivity index (χ2n) is 7.23. The summed E-state index contributed by atoms with van der Waals surface area (Å²) in [6.45, 7) is 1.81. The van der Waals surface area contributed by atoms with Gasteiger partial charge in [0.15, 0.2) is 4.90 Å². The van der Waals surface area contributed by atoms with Gasteiger partial charge in [-0.1, -0.05) is 12.1 Å². The van der Waals surface area contributed by atoms with Crippen molar-refractivity contribution in [2.24, 2.45) is 5.92 Å². The van der Waals surface area contributed by atoms with Crippen molar-refractivity contribution in [3.8, 4) is 0 Å². The van der Waals surface area contributed by atoms with Gasteiger partial charge in [0.05, 0.1) is 5.92 Å². The number of sulfonamides is 1. The van der Waals surface area contributed by atoms with Gasteiger partial charge in [-0.05, 0) is 43.9 Å². The average Bonchev–Trinajstić information content (AvgIpc) is 2.68. The minimum Gasteiger partial charge on any atom is -0.355 e. The van der Waals surface area contributed by atoms with Gasteiger partial charge in [-0.3, -0.25) is 14.6 Å². The molecule has 2 aromatic rings. The Kier molecular flexibility index (Phi) is 6.52. The molecule has 3 N–H and O–H groups in total. The lowest BCUT2D eigenvalue weighted by atomic mass is 9.99. The van der Waals surface area contributed by atoms with Crippen LogP contribution in [0.1, 0.15) is 24.1 Å². The highest BCUT2D eigenvalue weighted by molar-refractivity contribution is 7.89. The first-order valence-electron chi connectivity index (χ1n) is 9.54. The number of nitrogens with one attached hydrogen (secondary N) is 3. The second kappa shape index (κ2) is 8.92. The average molecular weight is 438 g/mol.